The highest BCUT2D eigenvalue weighted by Crippen LogP contribution is 2.37. The van der Waals surface area contributed by atoms with Gasteiger partial charge in [0.05, 0.1) is 24.8 Å². The molecular weight excluding hydrogens is 297 g/mol. The summed E-state index contributed by atoms with van der Waals surface area (Å²) >= 11 is 0. The summed E-state index contributed by atoms with van der Waals surface area (Å²) in [6, 6.07) is 2.66. The fraction of sp³-hybridized carbons (Fsp3) is 0.667. The van der Waals surface area contributed by atoms with Crippen molar-refractivity contribution in [3.05, 3.63) is 24.2 Å². The van der Waals surface area contributed by atoms with E-state index >= 15 is 0 Å². The minimum Gasteiger partial charge on any atom is -0.467 e. The number of nitrogens with one attached hydrogen (secondary N) is 2. The number of carbonyl (C=O) groups excluding carboxylic acids is 1. The summed E-state index contributed by atoms with van der Waals surface area (Å²) in [4.78, 5) is 12.0. The predicted molar refractivity (Wildman–Crippen MR) is 75.0 cm³/mol. The second-order valence-electron chi connectivity index (χ2n) is 5.79. The van der Waals surface area contributed by atoms with Gasteiger partial charge in [-0.3, -0.25) is 4.79 Å². The zero-order valence-electron chi connectivity index (χ0n) is 12.5. The molecule has 1 heterocycles. The molecule has 2 N–H and O–H groups in total. The smallest absolute Gasteiger partial charge is 0.391 e. The van der Waals surface area contributed by atoms with Gasteiger partial charge in [0.25, 0.3) is 0 Å². The summed E-state index contributed by atoms with van der Waals surface area (Å²) in [5.41, 5.74) is 0. The maximum absolute atomic E-state index is 12.8. The Hall–Kier alpha value is -1.50. The van der Waals surface area contributed by atoms with Crippen LogP contribution < -0.4 is 10.6 Å². The van der Waals surface area contributed by atoms with Crippen LogP contribution in [0.2, 0.25) is 0 Å². The third-order valence-electron chi connectivity index (χ3n) is 4.03. The molecule has 1 fully saturated rings. The van der Waals surface area contributed by atoms with E-state index in [1.165, 1.54) is 6.26 Å². The van der Waals surface area contributed by atoms with E-state index in [2.05, 4.69) is 10.6 Å². The van der Waals surface area contributed by atoms with E-state index in [4.69, 9.17) is 4.42 Å². The van der Waals surface area contributed by atoms with Gasteiger partial charge in [-0.15, -0.1) is 0 Å². The third kappa shape index (κ3) is 4.76. The molecular formula is C15H21F3N2O2. The molecule has 0 bridgehead atoms. The molecule has 2 rings (SSSR count). The second-order valence-corrected chi connectivity index (χ2v) is 5.79. The first kappa shape index (κ1) is 16.9. The summed E-state index contributed by atoms with van der Waals surface area (Å²) in [5, 5.41) is 5.71. The molecule has 1 aliphatic carbocycles. The number of rotatable bonds is 5. The highest BCUT2D eigenvalue weighted by molar-refractivity contribution is 5.81. The van der Waals surface area contributed by atoms with Gasteiger partial charge in [0.2, 0.25) is 5.91 Å². The molecule has 0 saturated heterocycles. The van der Waals surface area contributed by atoms with Crippen LogP contribution in [0.1, 0.15) is 38.4 Å². The standard InChI is InChI=1S/C15H21F3N2O2/c1-10(14(21)19-9-13-6-3-7-22-13)20-12-5-2-4-11(8-12)15(16,17)18/h3,6-7,10-12,20H,2,4-5,8-9H2,1H3,(H,19,21). The third-order valence-corrected chi connectivity index (χ3v) is 4.03. The fourth-order valence-electron chi connectivity index (χ4n) is 2.81. The van der Waals surface area contributed by atoms with E-state index < -0.39 is 18.1 Å². The normalized spacial score (nSPS) is 24.0. The Balaban J connectivity index is 1.78. The van der Waals surface area contributed by atoms with Crippen molar-refractivity contribution in [1.82, 2.24) is 10.6 Å². The lowest BCUT2D eigenvalue weighted by Gasteiger charge is -2.32. The number of alkyl halides is 3. The number of halogens is 3. The number of amides is 1. The lowest BCUT2D eigenvalue weighted by atomic mass is 9.85. The zero-order valence-corrected chi connectivity index (χ0v) is 12.5. The van der Waals surface area contributed by atoms with Crippen LogP contribution in [0.5, 0.6) is 0 Å². The van der Waals surface area contributed by atoms with Crippen LogP contribution in [0.15, 0.2) is 22.8 Å². The monoisotopic (exact) mass is 318 g/mol. The van der Waals surface area contributed by atoms with E-state index in [0.29, 0.717) is 18.6 Å². The van der Waals surface area contributed by atoms with Gasteiger partial charge in [-0.2, -0.15) is 13.2 Å². The van der Waals surface area contributed by atoms with Crippen LogP contribution in [0.4, 0.5) is 13.2 Å². The highest BCUT2D eigenvalue weighted by Gasteiger charge is 2.42. The molecule has 1 saturated carbocycles. The van der Waals surface area contributed by atoms with E-state index in [1.807, 2.05) is 0 Å². The Morgan fingerprint density at radius 2 is 2.23 bits per heavy atom. The molecule has 4 nitrogen and oxygen atoms in total. The Bertz CT molecular complexity index is 474. The Kier molecular flexibility index (Phi) is 5.50. The molecule has 0 radical (unpaired) electrons. The molecule has 1 aromatic heterocycles. The summed E-state index contributed by atoms with van der Waals surface area (Å²) in [5.74, 6) is -0.877. The topological polar surface area (TPSA) is 54.3 Å². The van der Waals surface area contributed by atoms with Gasteiger partial charge in [0.15, 0.2) is 0 Å². The number of carbonyl (C=O) groups is 1. The Labute approximate surface area is 127 Å². The number of hydrogen-bond donors (Lipinski definition) is 2. The maximum atomic E-state index is 12.8. The fourth-order valence-corrected chi connectivity index (χ4v) is 2.81. The molecule has 22 heavy (non-hydrogen) atoms. The average molecular weight is 318 g/mol. The molecule has 3 atom stereocenters. The highest BCUT2D eigenvalue weighted by atomic mass is 19.4. The second kappa shape index (κ2) is 7.17. The molecule has 0 spiro atoms. The minimum atomic E-state index is -4.15. The van der Waals surface area contributed by atoms with Crippen LogP contribution in [-0.4, -0.2) is 24.2 Å². The van der Waals surface area contributed by atoms with Gasteiger partial charge in [0.1, 0.15) is 5.76 Å². The predicted octanol–water partition coefficient (Wildman–Crippen LogP) is 3.00. The Morgan fingerprint density at radius 1 is 1.45 bits per heavy atom. The molecule has 3 unspecified atom stereocenters. The van der Waals surface area contributed by atoms with Crippen molar-refractivity contribution in [1.29, 1.82) is 0 Å². The van der Waals surface area contributed by atoms with Crippen molar-refractivity contribution in [2.24, 2.45) is 5.92 Å². The van der Waals surface area contributed by atoms with Gasteiger partial charge in [-0.25, -0.2) is 0 Å². The molecule has 7 heteroatoms. The first-order valence-electron chi connectivity index (χ1n) is 7.49. The maximum Gasteiger partial charge on any atom is 0.391 e. The van der Waals surface area contributed by atoms with Crippen LogP contribution in [0.3, 0.4) is 0 Å². The first-order chi connectivity index (χ1) is 10.4. The van der Waals surface area contributed by atoms with Crippen LogP contribution in [0.25, 0.3) is 0 Å². The van der Waals surface area contributed by atoms with Crippen molar-refractivity contribution in [3.8, 4) is 0 Å². The van der Waals surface area contributed by atoms with Crippen molar-refractivity contribution >= 4 is 5.91 Å². The number of furan rings is 1. The molecule has 1 amide bonds. The number of hydrogen-bond acceptors (Lipinski definition) is 3. The van der Waals surface area contributed by atoms with Gasteiger partial charge >= 0.3 is 6.18 Å². The van der Waals surface area contributed by atoms with Gasteiger partial charge < -0.3 is 15.1 Å². The van der Waals surface area contributed by atoms with E-state index in [0.717, 1.165) is 0 Å². The largest absolute Gasteiger partial charge is 0.467 e. The van der Waals surface area contributed by atoms with Gasteiger partial charge in [-0.05, 0) is 38.3 Å². The summed E-state index contributed by atoms with van der Waals surface area (Å²) in [6.07, 6.45) is -1.21. The van der Waals surface area contributed by atoms with Crippen LogP contribution >= 0.6 is 0 Å². The first-order valence-corrected chi connectivity index (χ1v) is 7.49. The Morgan fingerprint density at radius 3 is 2.86 bits per heavy atom. The van der Waals surface area contributed by atoms with Crippen molar-refractivity contribution < 1.29 is 22.4 Å². The van der Waals surface area contributed by atoms with Crippen LogP contribution in [0, 0.1) is 5.92 Å². The van der Waals surface area contributed by atoms with Crippen LogP contribution in [-0.2, 0) is 11.3 Å². The lowest BCUT2D eigenvalue weighted by molar-refractivity contribution is -0.183. The SMILES string of the molecule is CC(NC1CCCC(C(F)(F)F)C1)C(=O)NCc1ccco1. The average Bonchev–Trinajstić information content (AvgIpc) is 2.97. The lowest BCUT2D eigenvalue weighted by Crippen LogP contribution is -2.48. The van der Waals surface area contributed by atoms with Gasteiger partial charge in [0, 0.05) is 6.04 Å². The molecule has 0 aromatic carbocycles. The van der Waals surface area contributed by atoms with Crippen molar-refractivity contribution in [2.75, 3.05) is 0 Å². The molecule has 124 valence electrons. The van der Waals surface area contributed by atoms with E-state index in [9.17, 15) is 18.0 Å². The van der Waals surface area contributed by atoms with Crippen molar-refractivity contribution in [2.45, 2.75) is 57.4 Å². The van der Waals surface area contributed by atoms with Crippen molar-refractivity contribution in [3.63, 3.8) is 0 Å². The zero-order chi connectivity index (χ0) is 16.2. The summed E-state index contributed by atoms with van der Waals surface area (Å²) in [6.45, 7) is 1.93. The summed E-state index contributed by atoms with van der Waals surface area (Å²) < 4.78 is 43.4. The summed E-state index contributed by atoms with van der Waals surface area (Å²) in [7, 11) is 0. The molecule has 1 aromatic rings. The molecule has 0 aliphatic heterocycles. The minimum absolute atomic E-state index is 0.0410. The van der Waals surface area contributed by atoms with E-state index in [-0.39, 0.29) is 31.3 Å². The van der Waals surface area contributed by atoms with Gasteiger partial charge in [-0.1, -0.05) is 6.42 Å². The quantitative estimate of drug-likeness (QED) is 0.877. The van der Waals surface area contributed by atoms with E-state index in [1.54, 1.807) is 19.1 Å². The molecule has 1 aliphatic rings.